The molecule has 184 valence electrons. The smallest absolute Gasteiger partial charge is 0.416 e. The molecule has 8 nitrogen and oxygen atoms in total. The normalized spacial score (nSPS) is 17.3. The lowest BCUT2D eigenvalue weighted by molar-refractivity contribution is -0.384. The zero-order valence-electron chi connectivity index (χ0n) is 18.5. The van der Waals surface area contributed by atoms with Gasteiger partial charge in [0.15, 0.2) is 0 Å². The van der Waals surface area contributed by atoms with Crippen molar-refractivity contribution in [2.24, 2.45) is 0 Å². The van der Waals surface area contributed by atoms with Crippen LogP contribution in [0.2, 0.25) is 0 Å². The van der Waals surface area contributed by atoms with Crippen LogP contribution in [-0.4, -0.2) is 28.8 Å². The maximum atomic E-state index is 13.4. The van der Waals surface area contributed by atoms with E-state index in [0.29, 0.717) is 11.3 Å². The summed E-state index contributed by atoms with van der Waals surface area (Å²) < 4.78 is 45.2. The summed E-state index contributed by atoms with van der Waals surface area (Å²) in [4.78, 5) is 37.4. The standard InChI is InChI=1S/C25H17F3N2O6/c1-36-19-11-7-14(8-12-19)21-20(22(31)15-5-9-17(10-6-15)30(34)35)23(32)24(33)29(21)18-4-2-3-16(13-18)25(26,27)28/h2-13,21,31H,1H3/b22-20+. The number of methoxy groups -OCH3 is 1. The molecule has 0 aliphatic carbocycles. The van der Waals surface area contributed by atoms with Gasteiger partial charge in [0.25, 0.3) is 17.4 Å². The molecule has 1 aliphatic heterocycles. The molecular formula is C25H17F3N2O6. The number of rotatable bonds is 5. The third kappa shape index (κ3) is 4.38. The second-order valence-corrected chi connectivity index (χ2v) is 7.79. The number of carbonyl (C=O) groups excluding carboxylic acids is 2. The van der Waals surface area contributed by atoms with Gasteiger partial charge in [-0.05, 0) is 48.0 Å². The minimum absolute atomic E-state index is 0.0150. The SMILES string of the molecule is COc1ccc(C2/C(=C(\O)c3ccc([N+](=O)[O-])cc3)C(=O)C(=O)N2c2cccc(C(F)(F)F)c2)cc1. The van der Waals surface area contributed by atoms with E-state index in [9.17, 15) is 38.0 Å². The summed E-state index contributed by atoms with van der Waals surface area (Å²) >= 11 is 0. The van der Waals surface area contributed by atoms with Gasteiger partial charge in [0.05, 0.1) is 29.2 Å². The number of carbonyl (C=O) groups is 2. The predicted octanol–water partition coefficient (Wildman–Crippen LogP) is 5.25. The highest BCUT2D eigenvalue weighted by Gasteiger charge is 2.47. The van der Waals surface area contributed by atoms with Crippen molar-refractivity contribution in [2.45, 2.75) is 12.2 Å². The Kier molecular flexibility index (Phi) is 6.23. The van der Waals surface area contributed by atoms with Crippen molar-refractivity contribution in [1.82, 2.24) is 0 Å². The molecule has 3 aromatic carbocycles. The fourth-order valence-electron chi connectivity index (χ4n) is 3.93. The number of halogens is 3. The van der Waals surface area contributed by atoms with Crippen LogP contribution in [0.3, 0.4) is 0 Å². The molecule has 4 rings (SSSR count). The molecule has 3 aromatic rings. The fraction of sp³-hybridized carbons (Fsp3) is 0.120. The van der Waals surface area contributed by atoms with Crippen LogP contribution in [0.15, 0.2) is 78.4 Å². The number of benzene rings is 3. The lowest BCUT2D eigenvalue weighted by Gasteiger charge is -2.26. The summed E-state index contributed by atoms with van der Waals surface area (Å²) in [7, 11) is 1.43. The Balaban J connectivity index is 1.92. The number of hydrogen-bond donors (Lipinski definition) is 1. The lowest BCUT2D eigenvalue weighted by Crippen LogP contribution is -2.29. The van der Waals surface area contributed by atoms with Gasteiger partial charge in [0.1, 0.15) is 11.5 Å². The van der Waals surface area contributed by atoms with Crippen molar-refractivity contribution in [3.05, 3.63) is 105 Å². The van der Waals surface area contributed by atoms with E-state index in [1.165, 1.54) is 49.6 Å². The van der Waals surface area contributed by atoms with Crippen molar-refractivity contribution >= 4 is 28.8 Å². The molecule has 1 saturated heterocycles. The van der Waals surface area contributed by atoms with Gasteiger partial charge >= 0.3 is 6.18 Å². The van der Waals surface area contributed by atoms with E-state index in [4.69, 9.17) is 4.74 Å². The molecule has 0 bridgehead atoms. The molecule has 1 amide bonds. The number of alkyl halides is 3. The topological polar surface area (TPSA) is 110 Å². The average molecular weight is 498 g/mol. The van der Waals surface area contributed by atoms with Crippen LogP contribution in [0.1, 0.15) is 22.7 Å². The van der Waals surface area contributed by atoms with Crippen LogP contribution >= 0.6 is 0 Å². The number of anilines is 1. The molecule has 1 unspecified atom stereocenters. The minimum atomic E-state index is -4.70. The van der Waals surface area contributed by atoms with Gasteiger partial charge in [-0.2, -0.15) is 13.2 Å². The molecule has 36 heavy (non-hydrogen) atoms. The first-order valence-electron chi connectivity index (χ1n) is 10.4. The molecule has 1 N–H and O–H groups in total. The van der Waals surface area contributed by atoms with Gasteiger partial charge in [-0.15, -0.1) is 0 Å². The maximum absolute atomic E-state index is 13.4. The number of ether oxygens (including phenoxy) is 1. The second-order valence-electron chi connectivity index (χ2n) is 7.79. The fourth-order valence-corrected chi connectivity index (χ4v) is 3.93. The Bertz CT molecular complexity index is 1380. The van der Waals surface area contributed by atoms with Gasteiger partial charge in [-0.25, -0.2) is 0 Å². The van der Waals surface area contributed by atoms with E-state index in [0.717, 1.165) is 35.2 Å². The number of aliphatic hydroxyl groups excluding tert-OH is 1. The van der Waals surface area contributed by atoms with Crippen LogP contribution in [0.5, 0.6) is 5.75 Å². The summed E-state index contributed by atoms with van der Waals surface area (Å²) in [6.45, 7) is 0. The molecule has 0 spiro atoms. The van der Waals surface area contributed by atoms with Gasteiger partial charge in [-0.1, -0.05) is 18.2 Å². The molecular weight excluding hydrogens is 481 g/mol. The van der Waals surface area contributed by atoms with Crippen molar-refractivity contribution < 1.29 is 37.5 Å². The Hall–Kier alpha value is -4.67. The number of nitro groups is 1. The summed E-state index contributed by atoms with van der Waals surface area (Å²) in [5, 5.41) is 22.0. The molecule has 0 saturated carbocycles. The third-order valence-electron chi connectivity index (χ3n) is 5.68. The summed E-state index contributed by atoms with van der Waals surface area (Å²) in [5.74, 6) is -2.44. The van der Waals surface area contributed by atoms with Gasteiger partial charge in [0.2, 0.25) is 0 Å². The second kappa shape index (κ2) is 9.17. The average Bonchev–Trinajstić information content (AvgIpc) is 3.13. The number of ketones is 1. The van der Waals surface area contributed by atoms with Gasteiger partial charge in [0, 0.05) is 23.4 Å². The molecule has 0 radical (unpaired) electrons. The largest absolute Gasteiger partial charge is 0.507 e. The monoisotopic (exact) mass is 498 g/mol. The lowest BCUT2D eigenvalue weighted by atomic mass is 9.95. The van der Waals surface area contributed by atoms with Crippen LogP contribution in [-0.2, 0) is 15.8 Å². The highest BCUT2D eigenvalue weighted by Crippen LogP contribution is 2.43. The zero-order chi connectivity index (χ0) is 26.2. The molecule has 0 aromatic heterocycles. The van der Waals surface area contributed by atoms with Crippen molar-refractivity contribution in [3.63, 3.8) is 0 Å². The first-order chi connectivity index (χ1) is 17.0. The molecule has 1 atom stereocenters. The highest BCUT2D eigenvalue weighted by molar-refractivity contribution is 6.51. The van der Waals surface area contributed by atoms with Gasteiger partial charge < -0.3 is 9.84 Å². The number of aliphatic hydroxyl groups is 1. The molecule has 11 heteroatoms. The maximum Gasteiger partial charge on any atom is 0.416 e. The minimum Gasteiger partial charge on any atom is -0.507 e. The van der Waals surface area contributed by atoms with Crippen LogP contribution in [0.25, 0.3) is 5.76 Å². The number of hydrogen-bond acceptors (Lipinski definition) is 6. The molecule has 1 heterocycles. The Morgan fingerprint density at radius 1 is 1.03 bits per heavy atom. The molecule has 1 fully saturated rings. The van der Waals surface area contributed by atoms with Crippen LogP contribution in [0, 0.1) is 10.1 Å². The van der Waals surface area contributed by atoms with Gasteiger partial charge in [-0.3, -0.25) is 24.6 Å². The van der Waals surface area contributed by atoms with E-state index in [2.05, 4.69) is 0 Å². The predicted molar refractivity (Wildman–Crippen MR) is 122 cm³/mol. The summed E-state index contributed by atoms with van der Waals surface area (Å²) in [6.07, 6.45) is -4.70. The Labute approximate surface area is 202 Å². The van der Waals surface area contributed by atoms with E-state index >= 15 is 0 Å². The van der Waals surface area contributed by atoms with E-state index in [1.807, 2.05) is 0 Å². The van der Waals surface area contributed by atoms with Crippen LogP contribution in [0.4, 0.5) is 24.5 Å². The molecule has 1 aliphatic rings. The summed E-state index contributed by atoms with van der Waals surface area (Å²) in [6, 6.07) is 13.4. The van der Waals surface area contributed by atoms with E-state index in [1.54, 1.807) is 0 Å². The Morgan fingerprint density at radius 2 is 1.67 bits per heavy atom. The van der Waals surface area contributed by atoms with Crippen LogP contribution < -0.4 is 9.64 Å². The quantitative estimate of drug-likeness (QED) is 0.169. The Morgan fingerprint density at radius 3 is 2.22 bits per heavy atom. The highest BCUT2D eigenvalue weighted by atomic mass is 19.4. The number of nitrogens with zero attached hydrogens (tertiary/aromatic N) is 2. The third-order valence-corrected chi connectivity index (χ3v) is 5.68. The number of non-ortho nitro benzene ring substituents is 1. The van der Waals surface area contributed by atoms with Crippen molar-refractivity contribution in [1.29, 1.82) is 0 Å². The van der Waals surface area contributed by atoms with E-state index < -0.39 is 40.2 Å². The van der Waals surface area contributed by atoms with Crippen molar-refractivity contribution in [3.8, 4) is 5.75 Å². The van der Waals surface area contributed by atoms with Crippen molar-refractivity contribution in [2.75, 3.05) is 12.0 Å². The number of Topliss-reactive ketones (excluding diaryl/α,β-unsaturated/α-hetero) is 1. The summed E-state index contributed by atoms with van der Waals surface area (Å²) in [5.41, 5.74) is -1.53. The number of nitro benzene ring substituents is 1. The van der Waals surface area contributed by atoms with E-state index in [-0.39, 0.29) is 22.5 Å². The first kappa shape index (κ1) is 24.5. The zero-order valence-corrected chi connectivity index (χ0v) is 18.5. The first-order valence-corrected chi connectivity index (χ1v) is 10.4. The number of amides is 1.